The molecule has 1 aromatic heterocycles. The van der Waals surface area contributed by atoms with Crippen molar-refractivity contribution in [3.8, 4) is 0 Å². The minimum absolute atomic E-state index is 0.232. The molecule has 0 spiro atoms. The number of aromatic nitrogens is 1. The number of pyridine rings is 1. The van der Waals surface area contributed by atoms with Crippen LogP contribution in [0.25, 0.3) is 22.6 Å². The molecule has 9 heteroatoms. The van der Waals surface area contributed by atoms with Crippen molar-refractivity contribution in [1.82, 2.24) is 15.2 Å². The Morgan fingerprint density at radius 2 is 2.00 bits per heavy atom. The van der Waals surface area contributed by atoms with Crippen LogP contribution in [0.2, 0.25) is 5.02 Å². The molecule has 7 nitrogen and oxygen atoms in total. The number of rotatable bonds is 4. The van der Waals surface area contributed by atoms with Crippen molar-refractivity contribution in [2.45, 2.75) is 12.8 Å². The molecule has 5 rings (SSSR count). The zero-order valence-corrected chi connectivity index (χ0v) is 18.7. The zero-order valence-electron chi connectivity index (χ0n) is 17.9. The summed E-state index contributed by atoms with van der Waals surface area (Å²) in [6.07, 6.45) is 2.70. The van der Waals surface area contributed by atoms with Gasteiger partial charge in [-0.25, -0.2) is 19.0 Å². The number of allylic oxidation sites excluding steroid dienone is 1. The number of urea groups is 1. The second kappa shape index (κ2) is 8.87. The van der Waals surface area contributed by atoms with Crippen LogP contribution >= 0.6 is 11.6 Å². The number of fused-ring (bicyclic) bond motifs is 2. The van der Waals surface area contributed by atoms with Crippen molar-refractivity contribution in [2.24, 2.45) is 0 Å². The van der Waals surface area contributed by atoms with Crippen LogP contribution in [-0.4, -0.2) is 47.5 Å². The SMILES string of the molecule is O=C(OCC(=O)N1CCNC1=O)c1c2c(nc3ccccc13)/C(=C/c1c(F)cccc1Cl)CC2. The predicted molar refractivity (Wildman–Crippen MR) is 125 cm³/mol. The van der Waals surface area contributed by atoms with Crippen LogP contribution in [0.15, 0.2) is 42.5 Å². The maximum Gasteiger partial charge on any atom is 0.339 e. The van der Waals surface area contributed by atoms with E-state index in [0.717, 1.165) is 10.5 Å². The van der Waals surface area contributed by atoms with Gasteiger partial charge in [0.05, 0.1) is 21.8 Å². The van der Waals surface area contributed by atoms with Gasteiger partial charge in [-0.05, 0) is 48.3 Å². The number of hydrogen-bond acceptors (Lipinski definition) is 5. The lowest BCUT2D eigenvalue weighted by atomic mass is 10.0. The minimum Gasteiger partial charge on any atom is -0.452 e. The third-order valence-corrected chi connectivity index (χ3v) is 6.28. The Morgan fingerprint density at radius 1 is 1.18 bits per heavy atom. The third-order valence-electron chi connectivity index (χ3n) is 5.95. The fourth-order valence-electron chi connectivity index (χ4n) is 4.32. The molecule has 3 amide bonds. The molecular weight excluding hydrogens is 461 g/mol. The molecule has 0 saturated carbocycles. The maximum atomic E-state index is 14.4. The molecule has 1 fully saturated rings. The first-order chi connectivity index (χ1) is 16.4. The van der Waals surface area contributed by atoms with Gasteiger partial charge in [0.15, 0.2) is 6.61 Å². The van der Waals surface area contributed by atoms with Gasteiger partial charge in [0.1, 0.15) is 5.82 Å². The Kier molecular flexibility index (Phi) is 5.75. The van der Waals surface area contributed by atoms with Gasteiger partial charge >= 0.3 is 12.0 Å². The van der Waals surface area contributed by atoms with Crippen molar-refractivity contribution in [1.29, 1.82) is 0 Å². The molecule has 2 aromatic carbocycles. The molecule has 1 aliphatic carbocycles. The van der Waals surface area contributed by atoms with Gasteiger partial charge in [0, 0.05) is 24.0 Å². The van der Waals surface area contributed by atoms with Crippen LogP contribution in [0.4, 0.5) is 9.18 Å². The number of imide groups is 1. The lowest BCUT2D eigenvalue weighted by Gasteiger charge is -2.14. The molecule has 0 unspecified atom stereocenters. The number of esters is 1. The first kappa shape index (κ1) is 22.0. The number of para-hydroxylation sites is 1. The largest absolute Gasteiger partial charge is 0.452 e. The van der Waals surface area contributed by atoms with Gasteiger partial charge in [-0.15, -0.1) is 0 Å². The van der Waals surface area contributed by atoms with Crippen LogP contribution in [0, 0.1) is 5.82 Å². The number of hydrogen-bond donors (Lipinski definition) is 1. The second-order valence-electron chi connectivity index (χ2n) is 7.99. The average Bonchev–Trinajstić information content (AvgIpc) is 3.44. The summed E-state index contributed by atoms with van der Waals surface area (Å²) in [6, 6.07) is 11.1. The molecule has 1 N–H and O–H groups in total. The lowest BCUT2D eigenvalue weighted by molar-refractivity contribution is -0.130. The minimum atomic E-state index is -0.673. The van der Waals surface area contributed by atoms with E-state index in [4.69, 9.17) is 21.3 Å². The quantitative estimate of drug-likeness (QED) is 0.566. The van der Waals surface area contributed by atoms with E-state index < -0.39 is 30.3 Å². The number of nitrogens with zero attached hydrogens (tertiary/aromatic N) is 2. The third kappa shape index (κ3) is 3.90. The fourth-order valence-corrected chi connectivity index (χ4v) is 4.54. The van der Waals surface area contributed by atoms with Crippen molar-refractivity contribution in [3.05, 3.63) is 75.7 Å². The van der Waals surface area contributed by atoms with Gasteiger partial charge in [-0.3, -0.25) is 9.69 Å². The number of nitrogens with one attached hydrogen (secondary N) is 1. The summed E-state index contributed by atoms with van der Waals surface area (Å²) in [6.45, 7) is 0.0446. The number of halogens is 2. The summed E-state index contributed by atoms with van der Waals surface area (Å²) < 4.78 is 19.7. The van der Waals surface area contributed by atoms with Gasteiger partial charge in [0.25, 0.3) is 5.91 Å². The highest BCUT2D eigenvalue weighted by atomic mass is 35.5. The zero-order chi connectivity index (χ0) is 23.8. The standard InChI is InChI=1S/C25H19ClFN3O4/c26-18-5-3-6-19(27)17(18)12-14-8-9-16-22(15-4-1-2-7-20(15)29-23(14)16)24(32)34-13-21(31)30-11-10-28-25(30)33/h1-7,12H,8-11,13H2,(H,28,33)/b14-12+. The van der Waals surface area contributed by atoms with Gasteiger partial charge in [0.2, 0.25) is 0 Å². The summed E-state index contributed by atoms with van der Waals surface area (Å²) >= 11 is 6.20. The highest BCUT2D eigenvalue weighted by Crippen LogP contribution is 2.38. The highest BCUT2D eigenvalue weighted by Gasteiger charge is 2.30. The molecule has 2 aliphatic rings. The Labute approximate surface area is 199 Å². The van der Waals surface area contributed by atoms with Crippen LogP contribution in [-0.2, 0) is 16.0 Å². The van der Waals surface area contributed by atoms with Crippen molar-refractivity contribution < 1.29 is 23.5 Å². The topological polar surface area (TPSA) is 88.6 Å². The van der Waals surface area contributed by atoms with E-state index in [-0.39, 0.29) is 17.1 Å². The van der Waals surface area contributed by atoms with E-state index in [9.17, 15) is 18.8 Å². The second-order valence-corrected chi connectivity index (χ2v) is 8.40. The van der Waals surface area contributed by atoms with Crippen LogP contribution in [0.1, 0.15) is 33.6 Å². The molecular formula is C25H19ClFN3O4. The molecule has 0 atom stereocenters. The number of carbonyl (C=O) groups excluding carboxylic acids is 3. The Balaban J connectivity index is 1.52. The number of carbonyl (C=O) groups is 3. The Bertz CT molecular complexity index is 1370. The average molecular weight is 480 g/mol. The molecule has 34 heavy (non-hydrogen) atoms. The highest BCUT2D eigenvalue weighted by molar-refractivity contribution is 6.32. The van der Waals surface area contributed by atoms with Gasteiger partial charge in [-0.2, -0.15) is 0 Å². The van der Waals surface area contributed by atoms with E-state index in [2.05, 4.69) is 5.32 Å². The molecule has 3 aromatic rings. The monoisotopic (exact) mass is 479 g/mol. The van der Waals surface area contributed by atoms with Crippen molar-refractivity contribution >= 4 is 52.1 Å². The Hall–Kier alpha value is -3.78. The van der Waals surface area contributed by atoms with Crippen LogP contribution < -0.4 is 5.32 Å². The number of ether oxygens (including phenoxy) is 1. The predicted octanol–water partition coefficient (Wildman–Crippen LogP) is 4.22. The molecule has 1 saturated heterocycles. The molecule has 1 aliphatic heterocycles. The molecule has 0 radical (unpaired) electrons. The summed E-state index contributed by atoms with van der Waals surface area (Å²) in [5.74, 6) is -1.71. The van der Waals surface area contributed by atoms with E-state index in [1.807, 2.05) is 0 Å². The maximum absolute atomic E-state index is 14.4. The van der Waals surface area contributed by atoms with Crippen LogP contribution in [0.3, 0.4) is 0 Å². The summed E-state index contributed by atoms with van der Waals surface area (Å²) in [5.41, 5.74) is 3.17. The van der Waals surface area contributed by atoms with Gasteiger partial charge < -0.3 is 10.1 Å². The van der Waals surface area contributed by atoms with Crippen molar-refractivity contribution in [3.63, 3.8) is 0 Å². The molecule has 172 valence electrons. The lowest BCUT2D eigenvalue weighted by Crippen LogP contribution is -2.37. The van der Waals surface area contributed by atoms with Gasteiger partial charge in [-0.1, -0.05) is 35.9 Å². The number of benzene rings is 2. The summed E-state index contributed by atoms with van der Waals surface area (Å²) in [7, 11) is 0. The molecule has 0 bridgehead atoms. The fraction of sp³-hybridized carbons (Fsp3) is 0.200. The first-order valence-electron chi connectivity index (χ1n) is 10.8. The first-order valence-corrected chi connectivity index (χ1v) is 11.1. The molecule has 2 heterocycles. The Morgan fingerprint density at radius 3 is 2.76 bits per heavy atom. The van der Waals surface area contributed by atoms with E-state index >= 15 is 0 Å². The van der Waals surface area contributed by atoms with E-state index in [1.54, 1.807) is 36.4 Å². The van der Waals surface area contributed by atoms with Crippen molar-refractivity contribution in [2.75, 3.05) is 19.7 Å². The van der Waals surface area contributed by atoms with E-state index in [1.165, 1.54) is 12.1 Å². The van der Waals surface area contributed by atoms with E-state index in [0.29, 0.717) is 47.1 Å². The summed E-state index contributed by atoms with van der Waals surface area (Å²) in [5, 5.41) is 3.42. The normalized spacial score (nSPS) is 16.1. The van der Waals surface area contributed by atoms with Crippen LogP contribution in [0.5, 0.6) is 0 Å². The number of amides is 3. The summed E-state index contributed by atoms with van der Waals surface area (Å²) in [4.78, 5) is 42.9. The smallest absolute Gasteiger partial charge is 0.339 e.